The minimum absolute atomic E-state index is 0.135. The Labute approximate surface area is 173 Å². The van der Waals surface area contributed by atoms with Crippen LogP contribution >= 0.6 is 0 Å². The Balaban J connectivity index is 1.58. The van der Waals surface area contributed by atoms with Crippen molar-refractivity contribution >= 4 is 22.8 Å². The number of rotatable bonds is 5. The molecule has 0 atom stereocenters. The van der Waals surface area contributed by atoms with E-state index in [9.17, 15) is 9.59 Å². The lowest BCUT2D eigenvalue weighted by Gasteiger charge is -2.11. The molecule has 4 rings (SSSR count). The first-order valence-electron chi connectivity index (χ1n) is 9.68. The first-order chi connectivity index (χ1) is 14.4. The van der Waals surface area contributed by atoms with Crippen LogP contribution in [-0.2, 0) is 11.3 Å². The van der Waals surface area contributed by atoms with Crippen LogP contribution in [0.3, 0.4) is 0 Å². The number of benzene rings is 1. The molecule has 152 valence electrons. The molecule has 1 N–H and O–H groups in total. The molecule has 0 radical (unpaired) electrons. The summed E-state index contributed by atoms with van der Waals surface area (Å²) in [5.74, 6) is 0.848. The maximum absolute atomic E-state index is 13.0. The van der Waals surface area contributed by atoms with Crippen LogP contribution in [0.2, 0.25) is 0 Å². The second-order valence-electron chi connectivity index (χ2n) is 7.21. The van der Waals surface area contributed by atoms with E-state index in [1.807, 2.05) is 50.2 Å². The molecular formula is C22H22N6O2. The van der Waals surface area contributed by atoms with Crippen LogP contribution < -0.4 is 10.9 Å². The minimum Gasteiger partial charge on any atom is -0.310 e. The summed E-state index contributed by atoms with van der Waals surface area (Å²) >= 11 is 0. The Morgan fingerprint density at radius 3 is 2.60 bits per heavy atom. The van der Waals surface area contributed by atoms with E-state index in [0.29, 0.717) is 22.7 Å². The van der Waals surface area contributed by atoms with E-state index < -0.39 is 0 Å². The number of carbonyl (C=O) groups excluding carboxylic acids is 1. The van der Waals surface area contributed by atoms with Gasteiger partial charge in [0.05, 0.1) is 11.9 Å². The average molecular weight is 402 g/mol. The zero-order valence-corrected chi connectivity index (χ0v) is 17.1. The quantitative estimate of drug-likeness (QED) is 0.554. The Bertz CT molecular complexity index is 1290. The molecule has 0 unspecified atom stereocenters. The standard InChI is InChI=1S/C22H22N6O2/c1-14-6-8-17(9-7-14)28-21-18(13-24-28)22(30)27(16(3)25-21)12-10-19(29)26-20-15(2)5-4-11-23-20/h4-9,11,13H,10,12H2,1-3H3,(H,23,26,29). The highest BCUT2D eigenvalue weighted by molar-refractivity contribution is 5.90. The van der Waals surface area contributed by atoms with Gasteiger partial charge >= 0.3 is 0 Å². The van der Waals surface area contributed by atoms with Gasteiger partial charge in [0.15, 0.2) is 5.65 Å². The van der Waals surface area contributed by atoms with Gasteiger partial charge in [0.2, 0.25) is 5.91 Å². The van der Waals surface area contributed by atoms with E-state index in [0.717, 1.165) is 16.8 Å². The SMILES string of the molecule is Cc1ccc(-n2ncc3c(=O)n(CCC(=O)Nc4ncccc4C)c(C)nc32)cc1. The van der Waals surface area contributed by atoms with Crippen molar-refractivity contribution < 1.29 is 4.79 Å². The molecule has 0 aliphatic carbocycles. The summed E-state index contributed by atoms with van der Waals surface area (Å²) in [6.45, 7) is 5.87. The van der Waals surface area contributed by atoms with Crippen molar-refractivity contribution in [3.63, 3.8) is 0 Å². The highest BCUT2D eigenvalue weighted by Gasteiger charge is 2.15. The van der Waals surface area contributed by atoms with Gasteiger partial charge in [-0.2, -0.15) is 5.10 Å². The molecule has 8 heteroatoms. The van der Waals surface area contributed by atoms with E-state index in [1.54, 1.807) is 17.8 Å². The molecule has 0 aliphatic rings. The van der Waals surface area contributed by atoms with E-state index >= 15 is 0 Å². The molecule has 0 saturated carbocycles. The fourth-order valence-corrected chi connectivity index (χ4v) is 3.27. The lowest BCUT2D eigenvalue weighted by Crippen LogP contribution is -2.26. The third-order valence-corrected chi connectivity index (χ3v) is 4.99. The highest BCUT2D eigenvalue weighted by atomic mass is 16.2. The van der Waals surface area contributed by atoms with Gasteiger partial charge in [-0.05, 0) is 44.5 Å². The van der Waals surface area contributed by atoms with Crippen LogP contribution in [0.25, 0.3) is 16.7 Å². The van der Waals surface area contributed by atoms with Gasteiger partial charge in [-0.25, -0.2) is 14.6 Å². The number of hydrogen-bond donors (Lipinski definition) is 1. The number of nitrogens with zero attached hydrogens (tertiary/aromatic N) is 5. The van der Waals surface area contributed by atoms with E-state index in [2.05, 4.69) is 20.4 Å². The van der Waals surface area contributed by atoms with Gasteiger partial charge < -0.3 is 5.32 Å². The monoisotopic (exact) mass is 402 g/mol. The third kappa shape index (κ3) is 3.71. The molecule has 0 spiro atoms. The first kappa shape index (κ1) is 19.5. The zero-order valence-electron chi connectivity index (χ0n) is 17.1. The minimum atomic E-state index is -0.210. The van der Waals surface area contributed by atoms with Crippen LogP contribution in [-0.4, -0.2) is 30.2 Å². The predicted molar refractivity (Wildman–Crippen MR) is 115 cm³/mol. The normalized spacial score (nSPS) is 11.0. The van der Waals surface area contributed by atoms with Gasteiger partial charge in [0, 0.05) is 19.2 Å². The number of pyridine rings is 1. The van der Waals surface area contributed by atoms with Crippen LogP contribution in [0.4, 0.5) is 5.82 Å². The lowest BCUT2D eigenvalue weighted by atomic mass is 10.2. The van der Waals surface area contributed by atoms with E-state index in [4.69, 9.17) is 0 Å². The molecule has 1 aromatic carbocycles. The lowest BCUT2D eigenvalue weighted by molar-refractivity contribution is -0.116. The predicted octanol–water partition coefficient (Wildman–Crippen LogP) is 2.93. The molecule has 30 heavy (non-hydrogen) atoms. The Morgan fingerprint density at radius 2 is 1.87 bits per heavy atom. The molecular weight excluding hydrogens is 380 g/mol. The van der Waals surface area contributed by atoms with Crippen LogP contribution in [0.1, 0.15) is 23.4 Å². The number of carbonyl (C=O) groups is 1. The van der Waals surface area contributed by atoms with E-state index in [1.165, 1.54) is 10.8 Å². The maximum Gasteiger partial charge on any atom is 0.264 e. The van der Waals surface area contributed by atoms with Gasteiger partial charge in [0.1, 0.15) is 17.0 Å². The molecule has 4 aromatic rings. The number of aromatic nitrogens is 5. The largest absolute Gasteiger partial charge is 0.310 e. The number of aryl methyl sites for hydroxylation is 3. The van der Waals surface area contributed by atoms with Crippen molar-refractivity contribution in [1.82, 2.24) is 24.3 Å². The first-order valence-corrected chi connectivity index (χ1v) is 9.68. The number of hydrogen-bond acceptors (Lipinski definition) is 5. The van der Waals surface area contributed by atoms with Crippen molar-refractivity contribution in [2.45, 2.75) is 33.7 Å². The number of fused-ring (bicyclic) bond motifs is 1. The van der Waals surface area contributed by atoms with Gasteiger partial charge in [-0.15, -0.1) is 0 Å². The summed E-state index contributed by atoms with van der Waals surface area (Å²) in [5, 5.41) is 7.56. The maximum atomic E-state index is 13.0. The number of amides is 1. The molecule has 8 nitrogen and oxygen atoms in total. The molecule has 0 bridgehead atoms. The summed E-state index contributed by atoms with van der Waals surface area (Å²) < 4.78 is 3.17. The van der Waals surface area contributed by atoms with Gasteiger partial charge in [-0.3, -0.25) is 14.2 Å². The highest BCUT2D eigenvalue weighted by Crippen LogP contribution is 2.15. The van der Waals surface area contributed by atoms with Crippen LogP contribution in [0.5, 0.6) is 0 Å². The summed E-state index contributed by atoms with van der Waals surface area (Å²) in [5.41, 5.74) is 3.15. The topological polar surface area (TPSA) is 94.7 Å². The van der Waals surface area contributed by atoms with Crippen LogP contribution in [0, 0.1) is 20.8 Å². The Kier molecular flexibility index (Phi) is 5.14. The van der Waals surface area contributed by atoms with Crippen molar-refractivity contribution in [3.05, 3.63) is 76.1 Å². The fraction of sp³-hybridized carbons (Fsp3) is 0.227. The summed E-state index contributed by atoms with van der Waals surface area (Å²) in [6, 6.07) is 11.5. The van der Waals surface area contributed by atoms with E-state index in [-0.39, 0.29) is 24.4 Å². The van der Waals surface area contributed by atoms with Crippen molar-refractivity contribution in [1.29, 1.82) is 0 Å². The van der Waals surface area contributed by atoms with Gasteiger partial charge in [0.25, 0.3) is 5.56 Å². The smallest absolute Gasteiger partial charge is 0.264 e. The second-order valence-corrected chi connectivity index (χ2v) is 7.21. The number of anilines is 1. The fourth-order valence-electron chi connectivity index (χ4n) is 3.27. The molecule has 0 fully saturated rings. The average Bonchev–Trinajstić information content (AvgIpc) is 3.14. The third-order valence-electron chi connectivity index (χ3n) is 4.99. The molecule has 3 heterocycles. The second kappa shape index (κ2) is 7.90. The molecule has 0 aliphatic heterocycles. The molecule has 0 saturated heterocycles. The molecule has 1 amide bonds. The van der Waals surface area contributed by atoms with Crippen molar-refractivity contribution in [2.24, 2.45) is 0 Å². The summed E-state index contributed by atoms with van der Waals surface area (Å²) in [6.07, 6.45) is 3.29. The van der Waals surface area contributed by atoms with Crippen LogP contribution in [0.15, 0.2) is 53.6 Å². The van der Waals surface area contributed by atoms with Crippen molar-refractivity contribution in [2.75, 3.05) is 5.32 Å². The summed E-state index contributed by atoms with van der Waals surface area (Å²) in [4.78, 5) is 34.1. The Hall–Kier alpha value is -3.81. The zero-order chi connectivity index (χ0) is 21.3. The molecule has 3 aromatic heterocycles. The Morgan fingerprint density at radius 1 is 1.10 bits per heavy atom. The van der Waals surface area contributed by atoms with Crippen molar-refractivity contribution in [3.8, 4) is 5.69 Å². The number of nitrogens with one attached hydrogen (secondary N) is 1. The van der Waals surface area contributed by atoms with Gasteiger partial charge in [-0.1, -0.05) is 23.8 Å². The summed E-state index contributed by atoms with van der Waals surface area (Å²) in [7, 11) is 0.